The van der Waals surface area contributed by atoms with E-state index < -0.39 is 0 Å². The van der Waals surface area contributed by atoms with Crippen LogP contribution in [-0.4, -0.2) is 12.6 Å². The molecule has 15 heavy (non-hydrogen) atoms. The fraction of sp³-hybridized carbons (Fsp3) is 0.333. The lowest BCUT2D eigenvalue weighted by atomic mass is 10.2. The van der Waals surface area contributed by atoms with Crippen LogP contribution in [0.25, 0.3) is 6.08 Å². The number of nitrogens with one attached hydrogen (secondary N) is 1. The summed E-state index contributed by atoms with van der Waals surface area (Å²) in [6.07, 6.45) is 6.88. The lowest BCUT2D eigenvalue weighted by Crippen LogP contribution is -2.15. The first kappa shape index (κ1) is 11.2. The Morgan fingerprint density at radius 2 is 2.27 bits per heavy atom. The van der Waals surface area contributed by atoms with E-state index in [-0.39, 0.29) is 0 Å². The van der Waals surface area contributed by atoms with Gasteiger partial charge >= 0.3 is 0 Å². The van der Waals surface area contributed by atoms with Crippen molar-refractivity contribution in [2.24, 2.45) is 0 Å². The molecule has 1 aliphatic carbocycles. The molecule has 1 fully saturated rings. The summed E-state index contributed by atoms with van der Waals surface area (Å²) >= 11 is 9.41. The van der Waals surface area contributed by atoms with Gasteiger partial charge in [0.15, 0.2) is 0 Å². The Morgan fingerprint density at radius 3 is 3.00 bits per heavy atom. The Morgan fingerprint density at radius 1 is 1.47 bits per heavy atom. The highest BCUT2D eigenvalue weighted by Gasteiger charge is 2.18. The zero-order chi connectivity index (χ0) is 10.7. The first-order valence-corrected chi connectivity index (χ1v) is 6.28. The molecule has 1 nitrogen and oxygen atoms in total. The van der Waals surface area contributed by atoms with Gasteiger partial charge in [-0.1, -0.05) is 39.7 Å². The van der Waals surface area contributed by atoms with Crippen molar-refractivity contribution in [1.82, 2.24) is 5.32 Å². The van der Waals surface area contributed by atoms with Gasteiger partial charge in [-0.25, -0.2) is 0 Å². The highest BCUT2D eigenvalue weighted by molar-refractivity contribution is 9.10. The molecule has 0 heterocycles. The van der Waals surface area contributed by atoms with Crippen LogP contribution < -0.4 is 5.32 Å². The molecule has 0 aromatic heterocycles. The molecule has 3 heteroatoms. The molecule has 0 saturated heterocycles. The van der Waals surface area contributed by atoms with E-state index in [1.165, 1.54) is 12.8 Å². The molecule has 1 saturated carbocycles. The summed E-state index contributed by atoms with van der Waals surface area (Å²) in [5, 5.41) is 4.20. The first-order valence-electron chi connectivity index (χ1n) is 5.10. The van der Waals surface area contributed by atoms with Crippen LogP contribution in [0.5, 0.6) is 0 Å². The van der Waals surface area contributed by atoms with Crippen LogP contribution >= 0.6 is 27.5 Å². The molecular formula is C12H13BrClN. The van der Waals surface area contributed by atoms with Gasteiger partial charge in [0.1, 0.15) is 0 Å². The highest BCUT2D eigenvalue weighted by Crippen LogP contribution is 2.22. The summed E-state index contributed by atoms with van der Waals surface area (Å²) in [7, 11) is 0. The number of hydrogen-bond donors (Lipinski definition) is 1. The molecule has 0 spiro atoms. The van der Waals surface area contributed by atoms with Crippen LogP contribution in [0.3, 0.4) is 0 Å². The third kappa shape index (κ3) is 3.63. The second kappa shape index (κ2) is 5.15. The molecule has 1 N–H and O–H groups in total. The largest absolute Gasteiger partial charge is 0.311 e. The highest BCUT2D eigenvalue weighted by atomic mass is 79.9. The molecule has 2 rings (SSSR count). The quantitative estimate of drug-likeness (QED) is 0.886. The molecule has 0 bridgehead atoms. The van der Waals surface area contributed by atoms with E-state index in [4.69, 9.17) is 11.6 Å². The normalized spacial score (nSPS) is 16.1. The van der Waals surface area contributed by atoms with Crippen LogP contribution in [0.15, 0.2) is 28.7 Å². The molecule has 1 aromatic rings. The van der Waals surface area contributed by atoms with Gasteiger partial charge in [-0.3, -0.25) is 0 Å². The number of hydrogen-bond acceptors (Lipinski definition) is 1. The third-order valence-corrected chi connectivity index (χ3v) is 3.31. The second-order valence-corrected chi connectivity index (χ2v) is 5.04. The van der Waals surface area contributed by atoms with Crippen LogP contribution in [0.2, 0.25) is 5.02 Å². The average molecular weight is 287 g/mol. The van der Waals surface area contributed by atoms with E-state index in [0.29, 0.717) is 0 Å². The second-order valence-electron chi connectivity index (χ2n) is 3.75. The topological polar surface area (TPSA) is 12.0 Å². The minimum Gasteiger partial charge on any atom is -0.311 e. The summed E-state index contributed by atoms with van der Waals surface area (Å²) in [5.74, 6) is 0. The van der Waals surface area contributed by atoms with E-state index >= 15 is 0 Å². The van der Waals surface area contributed by atoms with Gasteiger partial charge in [-0.15, -0.1) is 0 Å². The molecule has 0 atom stereocenters. The Bertz CT molecular complexity index is 372. The Kier molecular flexibility index (Phi) is 3.84. The molecule has 0 aliphatic heterocycles. The molecule has 0 radical (unpaired) electrons. The third-order valence-electron chi connectivity index (χ3n) is 2.36. The lowest BCUT2D eigenvalue weighted by Gasteiger charge is -2.00. The van der Waals surface area contributed by atoms with Gasteiger partial charge in [-0.2, -0.15) is 0 Å². The fourth-order valence-corrected chi connectivity index (χ4v) is 1.91. The minimum absolute atomic E-state index is 0.762. The van der Waals surface area contributed by atoms with Gasteiger partial charge in [0, 0.05) is 22.1 Å². The van der Waals surface area contributed by atoms with Gasteiger partial charge in [-0.05, 0) is 36.6 Å². The summed E-state index contributed by atoms with van der Waals surface area (Å²) in [6, 6.07) is 6.57. The maximum Gasteiger partial charge on any atom is 0.0412 e. The van der Waals surface area contributed by atoms with Gasteiger partial charge < -0.3 is 5.32 Å². The zero-order valence-corrected chi connectivity index (χ0v) is 10.7. The summed E-state index contributed by atoms with van der Waals surface area (Å²) in [4.78, 5) is 0. The SMILES string of the molecule is Clc1ccc(Br)c(C=CCNC2CC2)c1. The standard InChI is InChI=1S/C12H13BrClN/c13-12-6-3-10(14)8-9(12)2-1-7-15-11-4-5-11/h1-3,6,8,11,15H,4-5,7H2. The predicted octanol–water partition coefficient (Wildman–Crippen LogP) is 3.87. The van der Waals surface area contributed by atoms with E-state index in [2.05, 4.69) is 33.4 Å². The maximum absolute atomic E-state index is 5.92. The average Bonchev–Trinajstić information content (AvgIpc) is 3.01. The summed E-state index contributed by atoms with van der Waals surface area (Å²) < 4.78 is 1.08. The molecule has 0 amide bonds. The number of rotatable bonds is 4. The van der Waals surface area contributed by atoms with Crippen LogP contribution in [0.4, 0.5) is 0 Å². The summed E-state index contributed by atoms with van der Waals surface area (Å²) in [6.45, 7) is 0.934. The van der Waals surface area contributed by atoms with Crippen molar-refractivity contribution in [1.29, 1.82) is 0 Å². The van der Waals surface area contributed by atoms with E-state index in [9.17, 15) is 0 Å². The van der Waals surface area contributed by atoms with Crippen molar-refractivity contribution < 1.29 is 0 Å². The smallest absolute Gasteiger partial charge is 0.0412 e. The van der Waals surface area contributed by atoms with Gasteiger partial charge in [0.2, 0.25) is 0 Å². The maximum atomic E-state index is 5.92. The van der Waals surface area contributed by atoms with E-state index in [1.807, 2.05) is 18.2 Å². The lowest BCUT2D eigenvalue weighted by molar-refractivity contribution is 0.754. The van der Waals surface area contributed by atoms with E-state index in [1.54, 1.807) is 0 Å². The fourth-order valence-electron chi connectivity index (χ4n) is 1.35. The van der Waals surface area contributed by atoms with E-state index in [0.717, 1.165) is 27.6 Å². The van der Waals surface area contributed by atoms with Crippen molar-refractivity contribution >= 4 is 33.6 Å². The monoisotopic (exact) mass is 285 g/mol. The van der Waals surface area contributed by atoms with Crippen molar-refractivity contribution in [3.63, 3.8) is 0 Å². The molecule has 1 aliphatic rings. The van der Waals surface area contributed by atoms with Crippen LogP contribution in [-0.2, 0) is 0 Å². The zero-order valence-electron chi connectivity index (χ0n) is 8.34. The first-order chi connectivity index (χ1) is 7.25. The molecule has 0 unspecified atom stereocenters. The van der Waals surface area contributed by atoms with Crippen LogP contribution in [0, 0.1) is 0 Å². The predicted molar refractivity (Wildman–Crippen MR) is 69.2 cm³/mol. The van der Waals surface area contributed by atoms with Crippen LogP contribution in [0.1, 0.15) is 18.4 Å². The Hall–Kier alpha value is -0.310. The summed E-state index contributed by atoms with van der Waals surface area (Å²) in [5.41, 5.74) is 1.13. The minimum atomic E-state index is 0.762. The van der Waals surface area contributed by atoms with Crippen molar-refractivity contribution in [2.45, 2.75) is 18.9 Å². The molecular weight excluding hydrogens is 273 g/mol. The van der Waals surface area contributed by atoms with Crippen molar-refractivity contribution in [3.05, 3.63) is 39.3 Å². The van der Waals surface area contributed by atoms with Crippen molar-refractivity contribution in [2.75, 3.05) is 6.54 Å². The van der Waals surface area contributed by atoms with Crippen molar-refractivity contribution in [3.8, 4) is 0 Å². The molecule has 80 valence electrons. The Labute approximate surface area is 104 Å². The number of benzene rings is 1. The Balaban J connectivity index is 1.92. The number of halogens is 2. The van der Waals surface area contributed by atoms with Gasteiger partial charge in [0.05, 0.1) is 0 Å². The van der Waals surface area contributed by atoms with Gasteiger partial charge in [0.25, 0.3) is 0 Å². The molecule has 1 aromatic carbocycles.